The van der Waals surface area contributed by atoms with Crippen molar-refractivity contribution in [1.82, 2.24) is 0 Å². The summed E-state index contributed by atoms with van der Waals surface area (Å²) in [6.07, 6.45) is 0. The third-order valence-electron chi connectivity index (χ3n) is 0. The van der Waals surface area contributed by atoms with Gasteiger partial charge in [-0.2, -0.15) is 0 Å². The molecule has 0 saturated heterocycles. The molecule has 0 amide bonds. The molecule has 0 aliphatic carbocycles. The Bertz CT molecular complexity index is 13.5. The molecule has 0 aromatic carbocycles. The first-order valence-corrected chi connectivity index (χ1v) is 0. The summed E-state index contributed by atoms with van der Waals surface area (Å²) < 4.78 is 0. The Balaban J connectivity index is 0. The van der Waals surface area contributed by atoms with E-state index in [0.717, 1.165) is 0 Å². The molecule has 0 spiro atoms. The molecule has 0 fully saturated rings. The first-order chi connectivity index (χ1) is 0. The minimum absolute atomic E-state index is 0. The molecular weight excluding hydrogens is 886 g/mol. The maximum atomic E-state index is 0. The van der Waals surface area contributed by atoms with Crippen molar-refractivity contribution >= 4 is 85.7 Å². The van der Waals surface area contributed by atoms with Crippen LogP contribution in [0.15, 0.2) is 0 Å². The van der Waals surface area contributed by atoms with Crippen molar-refractivity contribution in [2.45, 2.75) is 0 Å². The number of hydrogen-bond acceptors (Lipinski definition) is 0. The van der Waals surface area contributed by atoms with Gasteiger partial charge < -0.3 is 0 Å². The van der Waals surface area contributed by atoms with Crippen LogP contribution in [0.5, 0.6) is 0 Å². The van der Waals surface area contributed by atoms with Crippen molar-refractivity contribution in [3.63, 3.8) is 0 Å². The Morgan fingerprint density at radius 1 is 0.833 bits per heavy atom. The first-order valence-electron chi connectivity index (χ1n) is 0. The fourth-order valence-electron chi connectivity index (χ4n) is 0. The van der Waals surface area contributed by atoms with Crippen molar-refractivity contribution in [1.29, 1.82) is 0 Å². The molecule has 0 heterocycles. The fourth-order valence-corrected chi connectivity index (χ4v) is 0. The van der Waals surface area contributed by atoms with Crippen LogP contribution in [0.1, 0.15) is 0 Å². The second kappa shape index (κ2) is 33.4. The molecule has 0 bridgehead atoms. The molecular formula is H11AsBiHg2SbSe. The Labute approximate surface area is 137 Å². The van der Waals surface area contributed by atoms with Gasteiger partial charge in [0.2, 0.25) is 0 Å². The standard InChI is InChI=1S/AsH3.Bi.2Hg.Sb.H2Se.6H/h1H3;;;;;1H2;;;;;;. The molecule has 0 aromatic rings. The molecule has 0 rings (SSSR count). The van der Waals surface area contributed by atoms with Gasteiger partial charge in [0.05, 0.1) is 0 Å². The summed E-state index contributed by atoms with van der Waals surface area (Å²) in [7, 11) is 0. The van der Waals surface area contributed by atoms with Gasteiger partial charge in [-0.15, -0.1) is 0 Å². The van der Waals surface area contributed by atoms with Gasteiger partial charge in [0, 0.05) is 55.3 Å². The van der Waals surface area contributed by atoms with E-state index in [4.69, 9.17) is 0 Å². The minimum atomic E-state index is 0. The quantitative estimate of drug-likeness (QED) is 0.216. The Hall–Kier alpha value is 4.65. The van der Waals surface area contributed by atoms with Gasteiger partial charge in [0.1, 0.15) is 0 Å². The molecule has 1 unspecified atom stereocenters. The van der Waals surface area contributed by atoms with E-state index >= 15 is 0 Å². The van der Waals surface area contributed by atoms with Gasteiger partial charge in [0.15, 0.2) is 0 Å². The van der Waals surface area contributed by atoms with Crippen molar-refractivity contribution < 1.29 is 55.3 Å². The van der Waals surface area contributed by atoms with E-state index < -0.39 is 0 Å². The van der Waals surface area contributed by atoms with Crippen LogP contribution in [0, 0.1) is 0 Å². The van der Waals surface area contributed by atoms with E-state index in [9.17, 15) is 0 Å². The average molecular weight is 897 g/mol. The monoisotopic (exact) mass is 900 g/mol. The molecule has 6 heavy (non-hydrogen) atoms. The molecule has 0 radical (unpaired) electrons. The van der Waals surface area contributed by atoms with Gasteiger partial charge in [0.25, 0.3) is 0 Å². The molecule has 0 aliphatic rings. The first kappa shape index (κ1) is 45.9. The van der Waals surface area contributed by atoms with Gasteiger partial charge in [-0.05, 0) is 0 Å². The zero-order chi connectivity index (χ0) is 0. The van der Waals surface area contributed by atoms with Gasteiger partial charge >= 0.3 is 85.7 Å². The summed E-state index contributed by atoms with van der Waals surface area (Å²) in [5.74, 6) is 0. The van der Waals surface area contributed by atoms with Crippen molar-refractivity contribution in [3.05, 3.63) is 0 Å². The topological polar surface area (TPSA) is 0 Å². The molecule has 0 aliphatic heterocycles. The van der Waals surface area contributed by atoms with Crippen LogP contribution in [0.4, 0.5) is 0 Å². The predicted octanol–water partition coefficient (Wildman–Crippen LogP) is -4.47. The van der Waals surface area contributed by atoms with Crippen molar-refractivity contribution in [3.8, 4) is 0 Å². The molecule has 0 aromatic heterocycles. The average Bonchev–Trinajstić information content (AvgIpc) is 0. The molecule has 6 heteroatoms. The van der Waals surface area contributed by atoms with E-state index in [1.54, 1.807) is 0 Å². The summed E-state index contributed by atoms with van der Waals surface area (Å²) >= 11 is 0. The summed E-state index contributed by atoms with van der Waals surface area (Å²) in [5.41, 5.74) is 0. The molecule has 1 atom stereocenters. The number of hydrogen-bond donors (Lipinski definition) is 0. The third kappa shape index (κ3) is 23.4. The van der Waals surface area contributed by atoms with Gasteiger partial charge in [-0.1, -0.05) is 0 Å². The Morgan fingerprint density at radius 3 is 0.833 bits per heavy atom. The van der Waals surface area contributed by atoms with Crippen LogP contribution < -0.4 is 0 Å². The predicted molar refractivity (Wildman–Crippen MR) is 38.4 cm³/mol. The Kier molecular flexibility index (Phi) is 255. The van der Waals surface area contributed by atoms with E-state index in [-0.39, 0.29) is 141 Å². The van der Waals surface area contributed by atoms with Gasteiger partial charge in [-0.25, -0.2) is 0 Å². The van der Waals surface area contributed by atoms with Crippen LogP contribution in [-0.2, 0) is 55.3 Å². The van der Waals surface area contributed by atoms with Crippen LogP contribution in [0.25, 0.3) is 0 Å². The Morgan fingerprint density at radius 2 is 0.833 bits per heavy atom. The van der Waals surface area contributed by atoms with E-state index in [2.05, 4.69) is 0 Å². The zero-order valence-electron chi connectivity index (χ0n) is 4.04. The fraction of sp³-hybridized carbons (Fsp3) is 0. The third-order valence-corrected chi connectivity index (χ3v) is 0. The summed E-state index contributed by atoms with van der Waals surface area (Å²) in [6.45, 7) is 0. The van der Waals surface area contributed by atoms with Crippen molar-refractivity contribution in [2.75, 3.05) is 0 Å². The zero-order valence-corrected chi connectivity index (χ0v) is 29.6. The van der Waals surface area contributed by atoms with Crippen molar-refractivity contribution in [2.24, 2.45) is 0 Å². The SMILES string of the molecule is [AsH3].[BiH3].[Hg].[Hg].[SbH3].[SeH2]. The van der Waals surface area contributed by atoms with Crippen LogP contribution >= 0.6 is 0 Å². The molecule has 0 N–H and O–H groups in total. The number of rotatable bonds is 0. The van der Waals surface area contributed by atoms with Crippen LogP contribution in [0.3, 0.4) is 0 Å². The second-order valence-corrected chi connectivity index (χ2v) is 0. The van der Waals surface area contributed by atoms with Gasteiger partial charge in [-0.3, -0.25) is 0 Å². The second-order valence-electron chi connectivity index (χ2n) is 0. The normalized spacial score (nSPS) is 0. The molecule has 0 nitrogen and oxygen atoms in total. The molecule has 36 valence electrons. The van der Waals surface area contributed by atoms with E-state index in [1.807, 2.05) is 0 Å². The van der Waals surface area contributed by atoms with Crippen LogP contribution in [-0.4, -0.2) is 85.7 Å². The summed E-state index contributed by atoms with van der Waals surface area (Å²) in [5, 5.41) is 0. The summed E-state index contributed by atoms with van der Waals surface area (Å²) in [6, 6.07) is 0. The van der Waals surface area contributed by atoms with E-state index in [0.29, 0.717) is 0 Å². The van der Waals surface area contributed by atoms with E-state index in [1.165, 1.54) is 0 Å². The van der Waals surface area contributed by atoms with Crippen LogP contribution in [0.2, 0.25) is 0 Å². The summed E-state index contributed by atoms with van der Waals surface area (Å²) in [4.78, 5) is 0. The maximum absolute atomic E-state index is 0. The molecule has 0 saturated carbocycles.